The van der Waals surface area contributed by atoms with Gasteiger partial charge in [-0.2, -0.15) is 0 Å². The van der Waals surface area contributed by atoms with Crippen molar-refractivity contribution in [3.05, 3.63) is 34.1 Å². The molecule has 1 saturated heterocycles. The number of aryl methyl sites for hydroxylation is 1. The molecule has 2 heterocycles. The Morgan fingerprint density at radius 2 is 2.12 bits per heavy atom. The Morgan fingerprint density at radius 1 is 1.35 bits per heavy atom. The van der Waals surface area contributed by atoms with Crippen molar-refractivity contribution in [2.24, 2.45) is 0 Å². The number of carbonyl (C=O) groups is 1. The first-order valence-corrected chi connectivity index (χ1v) is 10.2. The van der Waals surface area contributed by atoms with Gasteiger partial charge in [0.15, 0.2) is 5.16 Å². The molecule has 0 saturated carbocycles. The lowest BCUT2D eigenvalue weighted by molar-refractivity contribution is -0.113. The molecule has 9 heteroatoms. The summed E-state index contributed by atoms with van der Waals surface area (Å²) < 4.78 is 7.78. The number of thioether (sulfide) groups is 1. The van der Waals surface area contributed by atoms with E-state index in [0.717, 1.165) is 43.4 Å². The van der Waals surface area contributed by atoms with Gasteiger partial charge in [-0.3, -0.25) is 4.79 Å². The molecule has 3 rings (SSSR count). The summed E-state index contributed by atoms with van der Waals surface area (Å²) in [6.07, 6.45) is 3.11. The summed E-state index contributed by atoms with van der Waals surface area (Å²) in [5.74, 6) is 0.973. The molecule has 6 nitrogen and oxygen atoms in total. The molecule has 1 aliphatic heterocycles. The van der Waals surface area contributed by atoms with Crippen molar-refractivity contribution >= 4 is 46.6 Å². The van der Waals surface area contributed by atoms with E-state index in [0.29, 0.717) is 15.7 Å². The van der Waals surface area contributed by atoms with Gasteiger partial charge in [-0.05, 0) is 31.0 Å². The van der Waals surface area contributed by atoms with E-state index in [-0.39, 0.29) is 17.8 Å². The van der Waals surface area contributed by atoms with Gasteiger partial charge in [-0.15, -0.1) is 10.2 Å². The number of rotatable bonds is 7. The Morgan fingerprint density at radius 3 is 2.77 bits per heavy atom. The van der Waals surface area contributed by atoms with Crippen LogP contribution in [0.3, 0.4) is 0 Å². The van der Waals surface area contributed by atoms with Crippen LogP contribution in [-0.2, 0) is 22.5 Å². The van der Waals surface area contributed by atoms with Gasteiger partial charge in [-0.25, -0.2) is 0 Å². The number of anilines is 1. The van der Waals surface area contributed by atoms with Gasteiger partial charge in [0, 0.05) is 28.8 Å². The monoisotopic (exact) mass is 414 g/mol. The van der Waals surface area contributed by atoms with E-state index in [1.807, 2.05) is 6.92 Å². The number of ether oxygens (including phenoxy) is 1. The predicted octanol–water partition coefficient (Wildman–Crippen LogP) is 4.06. The van der Waals surface area contributed by atoms with Crippen LogP contribution in [-0.4, -0.2) is 39.1 Å². The third-order valence-electron chi connectivity index (χ3n) is 4.00. The van der Waals surface area contributed by atoms with Crippen molar-refractivity contribution in [3.8, 4) is 0 Å². The molecule has 1 amide bonds. The van der Waals surface area contributed by atoms with Crippen molar-refractivity contribution in [3.63, 3.8) is 0 Å². The lowest BCUT2D eigenvalue weighted by atomic mass is 10.2. The summed E-state index contributed by atoms with van der Waals surface area (Å²) in [6, 6.07) is 4.93. The first kappa shape index (κ1) is 19.5. The number of aromatic nitrogens is 3. The maximum atomic E-state index is 12.2. The van der Waals surface area contributed by atoms with Crippen LogP contribution >= 0.6 is 35.0 Å². The Bertz CT molecular complexity index is 758. The molecule has 1 unspecified atom stereocenters. The lowest BCUT2D eigenvalue weighted by Crippen LogP contribution is -2.19. The number of hydrogen-bond acceptors (Lipinski definition) is 5. The summed E-state index contributed by atoms with van der Waals surface area (Å²) in [5.41, 5.74) is 0.572. The van der Waals surface area contributed by atoms with Crippen LogP contribution in [0.15, 0.2) is 23.4 Å². The molecule has 2 aromatic rings. The van der Waals surface area contributed by atoms with Crippen LogP contribution in [0.25, 0.3) is 0 Å². The summed E-state index contributed by atoms with van der Waals surface area (Å²) in [7, 11) is 0. The van der Waals surface area contributed by atoms with E-state index in [1.165, 1.54) is 11.8 Å². The second-order valence-corrected chi connectivity index (χ2v) is 7.81. The van der Waals surface area contributed by atoms with Gasteiger partial charge in [0.25, 0.3) is 0 Å². The summed E-state index contributed by atoms with van der Waals surface area (Å²) in [4.78, 5) is 12.2. The van der Waals surface area contributed by atoms with Crippen molar-refractivity contribution in [1.29, 1.82) is 0 Å². The number of carbonyl (C=O) groups excluding carboxylic acids is 1. The highest BCUT2D eigenvalue weighted by Gasteiger charge is 2.21. The van der Waals surface area contributed by atoms with Crippen LogP contribution in [0, 0.1) is 0 Å². The van der Waals surface area contributed by atoms with Crippen LogP contribution < -0.4 is 5.32 Å². The van der Waals surface area contributed by atoms with Gasteiger partial charge in [0.1, 0.15) is 5.82 Å². The third kappa shape index (κ3) is 5.13. The fraction of sp³-hybridized carbons (Fsp3) is 0.471. The average molecular weight is 415 g/mol. The molecule has 1 aliphatic rings. The van der Waals surface area contributed by atoms with Gasteiger partial charge < -0.3 is 14.6 Å². The van der Waals surface area contributed by atoms with Gasteiger partial charge in [-0.1, -0.05) is 41.9 Å². The highest BCUT2D eigenvalue weighted by Crippen LogP contribution is 2.24. The van der Waals surface area contributed by atoms with Gasteiger partial charge >= 0.3 is 0 Å². The smallest absolute Gasteiger partial charge is 0.234 e. The van der Waals surface area contributed by atoms with E-state index in [4.69, 9.17) is 27.9 Å². The fourth-order valence-electron chi connectivity index (χ4n) is 2.82. The minimum atomic E-state index is -0.155. The largest absolute Gasteiger partial charge is 0.376 e. The predicted molar refractivity (Wildman–Crippen MR) is 104 cm³/mol. The highest BCUT2D eigenvalue weighted by molar-refractivity contribution is 7.99. The quantitative estimate of drug-likeness (QED) is 0.691. The normalized spacial score (nSPS) is 16.8. The van der Waals surface area contributed by atoms with E-state index in [9.17, 15) is 4.79 Å². The van der Waals surface area contributed by atoms with E-state index >= 15 is 0 Å². The number of amides is 1. The zero-order chi connectivity index (χ0) is 18.5. The summed E-state index contributed by atoms with van der Waals surface area (Å²) in [5, 5.41) is 12.9. The SMILES string of the molecule is CCc1nnc(SCC(=O)Nc2cc(Cl)cc(Cl)c2)n1CC1CCCO1. The molecule has 1 atom stereocenters. The number of nitrogens with zero attached hydrogens (tertiary/aromatic N) is 3. The molecular weight excluding hydrogens is 395 g/mol. The standard InChI is InChI=1S/C17H20Cl2N4O2S/c1-2-15-21-22-17(23(15)9-14-4-3-5-25-14)26-10-16(24)20-13-7-11(18)6-12(19)8-13/h6-8,14H,2-5,9-10H2,1H3,(H,20,24). The molecule has 0 aliphatic carbocycles. The number of benzene rings is 1. The molecular formula is C17H20Cl2N4O2S. The summed E-state index contributed by atoms with van der Waals surface area (Å²) in [6.45, 7) is 3.57. The lowest BCUT2D eigenvalue weighted by Gasteiger charge is -2.14. The Hall–Kier alpha value is -1.28. The molecule has 1 fully saturated rings. The Balaban J connectivity index is 1.61. The molecule has 1 aromatic carbocycles. The number of nitrogens with one attached hydrogen (secondary N) is 1. The van der Waals surface area contributed by atoms with Crippen LogP contribution in [0.5, 0.6) is 0 Å². The average Bonchev–Trinajstić information content (AvgIpc) is 3.22. The van der Waals surface area contributed by atoms with Gasteiger partial charge in [0.2, 0.25) is 5.91 Å². The molecule has 26 heavy (non-hydrogen) atoms. The van der Waals surface area contributed by atoms with E-state index < -0.39 is 0 Å². The second kappa shape index (κ2) is 9.08. The second-order valence-electron chi connectivity index (χ2n) is 5.99. The molecule has 140 valence electrons. The first-order valence-electron chi connectivity index (χ1n) is 8.47. The molecule has 0 bridgehead atoms. The van der Waals surface area contributed by atoms with Crippen molar-refractivity contribution in [2.75, 3.05) is 17.7 Å². The first-order chi connectivity index (χ1) is 12.5. The topological polar surface area (TPSA) is 69.0 Å². The van der Waals surface area contributed by atoms with Crippen LogP contribution in [0.1, 0.15) is 25.6 Å². The number of halogens is 2. The van der Waals surface area contributed by atoms with Crippen LogP contribution in [0.4, 0.5) is 5.69 Å². The van der Waals surface area contributed by atoms with E-state index in [2.05, 4.69) is 20.1 Å². The van der Waals surface area contributed by atoms with Crippen molar-refractivity contribution in [1.82, 2.24) is 14.8 Å². The minimum absolute atomic E-state index is 0.155. The maximum absolute atomic E-state index is 12.2. The molecule has 1 N–H and O–H groups in total. The molecule has 0 radical (unpaired) electrons. The zero-order valence-electron chi connectivity index (χ0n) is 14.4. The Labute approximate surface area is 166 Å². The van der Waals surface area contributed by atoms with Gasteiger partial charge in [0.05, 0.1) is 18.4 Å². The van der Waals surface area contributed by atoms with Crippen molar-refractivity contribution < 1.29 is 9.53 Å². The van der Waals surface area contributed by atoms with Crippen LogP contribution in [0.2, 0.25) is 10.0 Å². The Kier molecular flexibility index (Phi) is 6.80. The minimum Gasteiger partial charge on any atom is -0.376 e. The number of hydrogen-bond donors (Lipinski definition) is 1. The summed E-state index contributed by atoms with van der Waals surface area (Å²) >= 11 is 13.3. The van der Waals surface area contributed by atoms with Crippen molar-refractivity contribution in [2.45, 2.75) is 44.0 Å². The fourth-order valence-corrected chi connectivity index (χ4v) is 4.11. The highest BCUT2D eigenvalue weighted by atomic mass is 35.5. The zero-order valence-corrected chi connectivity index (χ0v) is 16.7. The maximum Gasteiger partial charge on any atom is 0.234 e. The molecule has 1 aromatic heterocycles. The van der Waals surface area contributed by atoms with E-state index in [1.54, 1.807) is 18.2 Å². The third-order valence-corrected chi connectivity index (χ3v) is 5.40. The molecule has 0 spiro atoms.